The highest BCUT2D eigenvalue weighted by atomic mass is 32.2. The number of nitrogens with one attached hydrogen (secondary N) is 1. The molecule has 1 aromatic heterocycles. The number of amides is 1. The van der Waals surface area contributed by atoms with Gasteiger partial charge in [-0.1, -0.05) is 0 Å². The highest BCUT2D eigenvalue weighted by molar-refractivity contribution is 7.89. The van der Waals surface area contributed by atoms with Gasteiger partial charge in [-0.05, 0) is 38.0 Å². The van der Waals surface area contributed by atoms with Crippen molar-refractivity contribution in [3.8, 4) is 0 Å². The fourth-order valence-corrected chi connectivity index (χ4v) is 4.44. The summed E-state index contributed by atoms with van der Waals surface area (Å²) in [7, 11) is -3.99. The highest BCUT2D eigenvalue weighted by Crippen LogP contribution is 2.22. The smallest absolute Gasteiger partial charge is 0.287 e. The zero-order valence-electron chi connectivity index (χ0n) is 14.0. The molecular formula is C17H18F2N2O4S. The van der Waals surface area contributed by atoms with Crippen LogP contribution in [0.2, 0.25) is 0 Å². The fourth-order valence-electron chi connectivity index (χ4n) is 2.92. The number of hydrogen-bond donors (Lipinski definition) is 1. The summed E-state index contributed by atoms with van der Waals surface area (Å²) < 4.78 is 58.0. The number of nitrogens with zero attached hydrogens (tertiary/aromatic N) is 1. The van der Waals surface area contributed by atoms with Crippen LogP contribution in [-0.4, -0.2) is 37.8 Å². The van der Waals surface area contributed by atoms with E-state index in [1.807, 2.05) is 0 Å². The molecule has 9 heteroatoms. The van der Waals surface area contributed by atoms with E-state index in [4.69, 9.17) is 4.42 Å². The molecule has 2 aromatic rings. The van der Waals surface area contributed by atoms with Gasteiger partial charge in [0.25, 0.3) is 5.91 Å². The maximum atomic E-state index is 13.3. The zero-order chi connectivity index (χ0) is 18.9. The van der Waals surface area contributed by atoms with Crippen molar-refractivity contribution in [1.29, 1.82) is 0 Å². The molecule has 0 radical (unpaired) electrons. The van der Waals surface area contributed by atoms with E-state index < -0.39 is 26.6 Å². The monoisotopic (exact) mass is 384 g/mol. The lowest BCUT2D eigenvalue weighted by molar-refractivity contribution is 0.0894. The summed E-state index contributed by atoms with van der Waals surface area (Å²) in [4.78, 5) is 11.7. The molecule has 0 unspecified atom stereocenters. The second-order valence-electron chi connectivity index (χ2n) is 6.19. The van der Waals surface area contributed by atoms with Gasteiger partial charge in [-0.2, -0.15) is 4.31 Å². The molecule has 1 N–H and O–H groups in total. The average molecular weight is 384 g/mol. The average Bonchev–Trinajstić information content (AvgIpc) is 3.00. The molecule has 2 heterocycles. The number of aryl methyl sites for hydroxylation is 1. The van der Waals surface area contributed by atoms with Crippen LogP contribution in [0.25, 0.3) is 0 Å². The number of carbonyl (C=O) groups excluding carboxylic acids is 1. The van der Waals surface area contributed by atoms with Crippen molar-refractivity contribution >= 4 is 15.9 Å². The van der Waals surface area contributed by atoms with Gasteiger partial charge in [-0.15, -0.1) is 0 Å². The van der Waals surface area contributed by atoms with E-state index in [2.05, 4.69) is 5.32 Å². The van der Waals surface area contributed by atoms with Gasteiger partial charge < -0.3 is 9.73 Å². The second kappa shape index (κ2) is 7.16. The molecule has 1 aromatic carbocycles. The van der Waals surface area contributed by atoms with E-state index in [0.29, 0.717) is 18.9 Å². The fraction of sp³-hybridized carbons (Fsp3) is 0.353. The Labute approximate surface area is 149 Å². The van der Waals surface area contributed by atoms with Crippen LogP contribution in [-0.2, 0) is 10.0 Å². The molecule has 140 valence electrons. The lowest BCUT2D eigenvalue weighted by Crippen LogP contribution is -2.46. The van der Waals surface area contributed by atoms with Crippen molar-refractivity contribution in [2.45, 2.75) is 30.7 Å². The van der Waals surface area contributed by atoms with Crippen LogP contribution in [0.15, 0.2) is 39.8 Å². The van der Waals surface area contributed by atoms with Crippen molar-refractivity contribution in [2.24, 2.45) is 0 Å². The standard InChI is InChI=1S/C17H18F2N2O4S/c1-11-4-7-25-16(11)17(22)20-14-2-5-21(6-3-14)26(23,24)15-9-12(18)8-13(19)10-15/h4,7-10,14H,2-3,5-6H2,1H3,(H,20,22). The van der Waals surface area contributed by atoms with Crippen LogP contribution < -0.4 is 5.32 Å². The maximum Gasteiger partial charge on any atom is 0.287 e. The third kappa shape index (κ3) is 3.78. The van der Waals surface area contributed by atoms with E-state index in [1.54, 1.807) is 13.0 Å². The number of benzene rings is 1. The SMILES string of the molecule is Cc1ccoc1C(=O)NC1CCN(S(=O)(=O)c2cc(F)cc(F)c2)CC1. The Morgan fingerprint density at radius 1 is 1.19 bits per heavy atom. The van der Waals surface area contributed by atoms with E-state index in [1.165, 1.54) is 10.6 Å². The molecule has 26 heavy (non-hydrogen) atoms. The second-order valence-corrected chi connectivity index (χ2v) is 8.13. The van der Waals surface area contributed by atoms with Gasteiger partial charge in [0.1, 0.15) is 11.6 Å². The number of piperidine rings is 1. The molecule has 1 aliphatic heterocycles. The predicted molar refractivity (Wildman–Crippen MR) is 89.1 cm³/mol. The quantitative estimate of drug-likeness (QED) is 0.878. The minimum absolute atomic E-state index is 0.141. The summed E-state index contributed by atoms with van der Waals surface area (Å²) in [6.45, 7) is 2.04. The van der Waals surface area contributed by atoms with Gasteiger partial charge in [0.05, 0.1) is 11.2 Å². The van der Waals surface area contributed by atoms with Crippen molar-refractivity contribution in [3.05, 3.63) is 53.5 Å². The molecule has 1 saturated heterocycles. The molecule has 1 fully saturated rings. The number of furan rings is 1. The Bertz CT molecular complexity index is 898. The van der Waals surface area contributed by atoms with Crippen LogP contribution in [0.1, 0.15) is 29.0 Å². The molecule has 6 nitrogen and oxygen atoms in total. The molecule has 1 aliphatic rings. The molecule has 0 atom stereocenters. The van der Waals surface area contributed by atoms with Gasteiger partial charge in [-0.3, -0.25) is 4.79 Å². The Hall–Kier alpha value is -2.26. The van der Waals surface area contributed by atoms with Crippen molar-refractivity contribution in [1.82, 2.24) is 9.62 Å². The Morgan fingerprint density at radius 3 is 2.35 bits per heavy atom. The number of halogens is 2. The molecule has 0 bridgehead atoms. The largest absolute Gasteiger partial charge is 0.459 e. The lowest BCUT2D eigenvalue weighted by atomic mass is 10.1. The van der Waals surface area contributed by atoms with Gasteiger partial charge >= 0.3 is 0 Å². The number of carbonyl (C=O) groups is 1. The summed E-state index contributed by atoms with van der Waals surface area (Å²) in [5, 5.41) is 2.82. The summed E-state index contributed by atoms with van der Waals surface area (Å²) >= 11 is 0. The van der Waals surface area contributed by atoms with Crippen LogP contribution in [0, 0.1) is 18.6 Å². The van der Waals surface area contributed by atoms with E-state index >= 15 is 0 Å². The Morgan fingerprint density at radius 2 is 1.81 bits per heavy atom. The van der Waals surface area contributed by atoms with Crippen LogP contribution in [0.4, 0.5) is 8.78 Å². The minimum Gasteiger partial charge on any atom is -0.459 e. The van der Waals surface area contributed by atoms with Crippen LogP contribution >= 0.6 is 0 Å². The summed E-state index contributed by atoms with van der Waals surface area (Å²) in [6.07, 6.45) is 2.21. The van der Waals surface area contributed by atoms with Crippen LogP contribution in [0.5, 0.6) is 0 Å². The molecule has 0 aliphatic carbocycles. The zero-order valence-corrected chi connectivity index (χ0v) is 14.9. The van der Waals surface area contributed by atoms with Gasteiger partial charge in [0, 0.05) is 30.8 Å². The van der Waals surface area contributed by atoms with E-state index in [-0.39, 0.29) is 30.8 Å². The molecule has 0 spiro atoms. The summed E-state index contributed by atoms with van der Waals surface area (Å²) in [5.74, 6) is -2.00. The van der Waals surface area contributed by atoms with Gasteiger partial charge in [-0.25, -0.2) is 17.2 Å². The Balaban J connectivity index is 1.64. The number of sulfonamides is 1. The van der Waals surface area contributed by atoms with Crippen molar-refractivity contribution in [2.75, 3.05) is 13.1 Å². The predicted octanol–water partition coefficient (Wildman–Crippen LogP) is 2.45. The first-order chi connectivity index (χ1) is 12.3. The van der Waals surface area contributed by atoms with Gasteiger partial charge in [0.2, 0.25) is 10.0 Å². The Kier molecular flexibility index (Phi) is 5.10. The first-order valence-corrected chi connectivity index (χ1v) is 9.52. The third-order valence-corrected chi connectivity index (χ3v) is 6.21. The highest BCUT2D eigenvalue weighted by Gasteiger charge is 2.31. The van der Waals surface area contributed by atoms with Crippen molar-refractivity contribution < 1.29 is 26.4 Å². The topological polar surface area (TPSA) is 79.6 Å². The first-order valence-electron chi connectivity index (χ1n) is 8.08. The molecule has 0 saturated carbocycles. The molecule has 1 amide bonds. The minimum atomic E-state index is -3.99. The number of rotatable bonds is 4. The lowest BCUT2D eigenvalue weighted by Gasteiger charge is -2.31. The van der Waals surface area contributed by atoms with E-state index in [0.717, 1.165) is 17.7 Å². The third-order valence-electron chi connectivity index (χ3n) is 4.33. The van der Waals surface area contributed by atoms with Gasteiger partial charge in [0.15, 0.2) is 5.76 Å². The summed E-state index contributed by atoms with van der Waals surface area (Å²) in [5.41, 5.74) is 0.718. The first kappa shape index (κ1) is 18.5. The van der Waals surface area contributed by atoms with Crippen LogP contribution in [0.3, 0.4) is 0 Å². The summed E-state index contributed by atoms with van der Waals surface area (Å²) in [6, 6.07) is 3.69. The van der Waals surface area contributed by atoms with E-state index in [9.17, 15) is 22.0 Å². The maximum absolute atomic E-state index is 13.3. The van der Waals surface area contributed by atoms with Crippen molar-refractivity contribution in [3.63, 3.8) is 0 Å². The molecule has 3 rings (SSSR count). The normalized spacial score (nSPS) is 16.6. The number of hydrogen-bond acceptors (Lipinski definition) is 4. The molecular weight excluding hydrogens is 366 g/mol.